The average molecular weight is 270 g/mol. The molecule has 1 heterocycles. The number of hydrogen-bond acceptors (Lipinski definition) is 6. The van der Waals surface area contributed by atoms with Gasteiger partial charge >= 0.3 is 0 Å². The largest absolute Gasteiger partial charge is 0.396 e. The van der Waals surface area contributed by atoms with Crippen LogP contribution in [0.3, 0.4) is 0 Å². The van der Waals surface area contributed by atoms with Crippen LogP contribution in [0.5, 0.6) is 0 Å². The van der Waals surface area contributed by atoms with Crippen LogP contribution in [0.2, 0.25) is 0 Å². The summed E-state index contributed by atoms with van der Waals surface area (Å²) in [6.07, 6.45) is 0.850. The topological polar surface area (TPSA) is 84.1 Å². The Hall–Kier alpha value is -1.01. The standard InChI is InChI=1S/C12H22N4OS/c1-9(2)12-15-10(13)8-11(16-12)14-4-7-18-6-3-5-17/h8-9,17H,3-7H2,1-2H3,(H3,13,14,15,16). The van der Waals surface area contributed by atoms with E-state index in [0.717, 1.165) is 36.1 Å². The van der Waals surface area contributed by atoms with E-state index in [1.54, 1.807) is 6.07 Å². The molecule has 0 aliphatic rings. The summed E-state index contributed by atoms with van der Waals surface area (Å²) in [7, 11) is 0. The first kappa shape index (κ1) is 15.0. The van der Waals surface area contributed by atoms with Gasteiger partial charge in [0.1, 0.15) is 17.5 Å². The molecule has 4 N–H and O–H groups in total. The SMILES string of the molecule is CC(C)c1nc(N)cc(NCCSCCCO)n1. The highest BCUT2D eigenvalue weighted by Crippen LogP contribution is 2.15. The van der Waals surface area contributed by atoms with E-state index in [0.29, 0.717) is 5.82 Å². The summed E-state index contributed by atoms with van der Waals surface area (Å²) in [5, 5.41) is 11.9. The molecule has 0 fully saturated rings. The third-order valence-electron chi connectivity index (χ3n) is 2.28. The molecule has 0 saturated heterocycles. The third-order valence-corrected chi connectivity index (χ3v) is 3.35. The summed E-state index contributed by atoms with van der Waals surface area (Å²) in [5.41, 5.74) is 5.74. The quantitative estimate of drug-likeness (QED) is 0.624. The van der Waals surface area contributed by atoms with Crippen molar-refractivity contribution in [1.29, 1.82) is 0 Å². The summed E-state index contributed by atoms with van der Waals surface area (Å²) in [4.78, 5) is 8.61. The number of hydrogen-bond donors (Lipinski definition) is 3. The molecular weight excluding hydrogens is 248 g/mol. The van der Waals surface area contributed by atoms with E-state index in [1.165, 1.54) is 0 Å². The van der Waals surface area contributed by atoms with Gasteiger partial charge in [-0.3, -0.25) is 0 Å². The van der Waals surface area contributed by atoms with E-state index in [-0.39, 0.29) is 12.5 Å². The van der Waals surface area contributed by atoms with Crippen molar-refractivity contribution >= 4 is 23.4 Å². The van der Waals surface area contributed by atoms with Gasteiger partial charge in [-0.1, -0.05) is 13.8 Å². The number of aliphatic hydroxyl groups is 1. The van der Waals surface area contributed by atoms with Crippen LogP contribution >= 0.6 is 11.8 Å². The van der Waals surface area contributed by atoms with Crippen LogP contribution in [0, 0.1) is 0 Å². The fourth-order valence-electron chi connectivity index (χ4n) is 1.35. The summed E-state index contributed by atoms with van der Waals surface area (Å²) in [6.45, 7) is 5.19. The lowest BCUT2D eigenvalue weighted by Crippen LogP contribution is -2.10. The maximum atomic E-state index is 8.65. The first-order valence-corrected chi connectivity index (χ1v) is 7.36. The Kier molecular flexibility index (Phi) is 6.82. The molecule has 1 aromatic heterocycles. The van der Waals surface area contributed by atoms with Crippen LogP contribution in [-0.4, -0.2) is 39.7 Å². The second-order valence-electron chi connectivity index (χ2n) is 4.31. The molecule has 1 aromatic rings. The van der Waals surface area contributed by atoms with E-state index in [2.05, 4.69) is 15.3 Å². The molecule has 6 heteroatoms. The van der Waals surface area contributed by atoms with Crippen molar-refractivity contribution in [2.75, 3.05) is 35.7 Å². The summed E-state index contributed by atoms with van der Waals surface area (Å²) in [5.74, 6) is 4.30. The minimum Gasteiger partial charge on any atom is -0.396 e. The van der Waals surface area contributed by atoms with Crippen molar-refractivity contribution in [1.82, 2.24) is 9.97 Å². The first-order valence-electron chi connectivity index (χ1n) is 6.20. The van der Waals surface area contributed by atoms with Crippen molar-refractivity contribution < 1.29 is 5.11 Å². The molecule has 0 aliphatic carbocycles. The Morgan fingerprint density at radius 3 is 2.83 bits per heavy atom. The van der Waals surface area contributed by atoms with Gasteiger partial charge in [0, 0.05) is 30.9 Å². The van der Waals surface area contributed by atoms with E-state index >= 15 is 0 Å². The molecule has 0 amide bonds. The molecule has 5 nitrogen and oxygen atoms in total. The summed E-state index contributed by atoms with van der Waals surface area (Å²) in [6, 6.07) is 1.75. The minimum absolute atomic E-state index is 0.265. The molecule has 0 saturated carbocycles. The Bertz CT molecular complexity index is 360. The lowest BCUT2D eigenvalue weighted by molar-refractivity contribution is 0.296. The van der Waals surface area contributed by atoms with E-state index in [4.69, 9.17) is 10.8 Å². The van der Waals surface area contributed by atoms with Gasteiger partial charge in [-0.25, -0.2) is 9.97 Å². The highest BCUT2D eigenvalue weighted by molar-refractivity contribution is 7.99. The van der Waals surface area contributed by atoms with Crippen molar-refractivity contribution in [2.45, 2.75) is 26.2 Å². The molecule has 0 atom stereocenters. The number of thioether (sulfide) groups is 1. The van der Waals surface area contributed by atoms with Gasteiger partial charge in [0.15, 0.2) is 0 Å². The van der Waals surface area contributed by atoms with E-state index < -0.39 is 0 Å². The minimum atomic E-state index is 0.265. The molecular formula is C12H22N4OS. The number of nitrogens with one attached hydrogen (secondary N) is 1. The monoisotopic (exact) mass is 270 g/mol. The number of nitrogen functional groups attached to an aromatic ring is 1. The second kappa shape index (κ2) is 8.16. The Labute approximate surface area is 113 Å². The number of aromatic nitrogens is 2. The smallest absolute Gasteiger partial charge is 0.135 e. The van der Waals surface area contributed by atoms with Gasteiger partial charge in [-0.2, -0.15) is 11.8 Å². The molecule has 18 heavy (non-hydrogen) atoms. The zero-order chi connectivity index (χ0) is 13.4. The van der Waals surface area contributed by atoms with Crippen LogP contribution in [0.1, 0.15) is 32.0 Å². The van der Waals surface area contributed by atoms with Gasteiger partial charge in [0.25, 0.3) is 0 Å². The van der Waals surface area contributed by atoms with Gasteiger partial charge in [-0.05, 0) is 12.2 Å². The summed E-state index contributed by atoms with van der Waals surface area (Å²) >= 11 is 1.81. The molecule has 0 aliphatic heterocycles. The Balaban J connectivity index is 2.37. The molecule has 0 bridgehead atoms. The molecule has 0 aromatic carbocycles. The van der Waals surface area contributed by atoms with Gasteiger partial charge in [0.2, 0.25) is 0 Å². The summed E-state index contributed by atoms with van der Waals surface area (Å²) < 4.78 is 0. The van der Waals surface area contributed by atoms with E-state index in [1.807, 2.05) is 25.6 Å². The number of aliphatic hydroxyl groups excluding tert-OH is 1. The zero-order valence-electron chi connectivity index (χ0n) is 11.0. The maximum absolute atomic E-state index is 8.65. The molecule has 102 valence electrons. The maximum Gasteiger partial charge on any atom is 0.135 e. The van der Waals surface area contributed by atoms with Crippen molar-refractivity contribution in [3.05, 3.63) is 11.9 Å². The zero-order valence-corrected chi connectivity index (χ0v) is 11.8. The first-order chi connectivity index (χ1) is 8.63. The van der Waals surface area contributed by atoms with Crippen LogP contribution in [0.25, 0.3) is 0 Å². The van der Waals surface area contributed by atoms with Gasteiger partial charge in [0.05, 0.1) is 0 Å². The lowest BCUT2D eigenvalue weighted by Gasteiger charge is -2.09. The molecule has 1 rings (SSSR count). The number of anilines is 2. The molecule has 0 spiro atoms. The van der Waals surface area contributed by atoms with Crippen molar-refractivity contribution in [3.8, 4) is 0 Å². The number of rotatable bonds is 8. The van der Waals surface area contributed by atoms with Gasteiger partial charge in [-0.15, -0.1) is 0 Å². The van der Waals surface area contributed by atoms with Crippen molar-refractivity contribution in [3.63, 3.8) is 0 Å². The van der Waals surface area contributed by atoms with Gasteiger partial charge < -0.3 is 16.2 Å². The number of nitrogens with two attached hydrogens (primary N) is 1. The highest BCUT2D eigenvalue weighted by Gasteiger charge is 2.06. The predicted octanol–water partition coefficient (Wildman–Crippen LogP) is 1.71. The lowest BCUT2D eigenvalue weighted by atomic mass is 10.2. The van der Waals surface area contributed by atoms with Crippen molar-refractivity contribution in [2.24, 2.45) is 0 Å². The third kappa shape index (κ3) is 5.55. The fraction of sp³-hybridized carbons (Fsp3) is 0.667. The van der Waals surface area contributed by atoms with E-state index in [9.17, 15) is 0 Å². The highest BCUT2D eigenvalue weighted by atomic mass is 32.2. The van der Waals surface area contributed by atoms with Crippen LogP contribution < -0.4 is 11.1 Å². The average Bonchev–Trinajstić information content (AvgIpc) is 2.33. The molecule has 0 unspecified atom stereocenters. The van der Waals surface area contributed by atoms with Crippen LogP contribution in [0.4, 0.5) is 11.6 Å². The second-order valence-corrected chi connectivity index (χ2v) is 5.53. The normalized spacial score (nSPS) is 10.9. The Morgan fingerprint density at radius 2 is 2.17 bits per heavy atom. The predicted molar refractivity (Wildman–Crippen MR) is 78.1 cm³/mol. The van der Waals surface area contributed by atoms with Crippen LogP contribution in [-0.2, 0) is 0 Å². The number of nitrogens with zero attached hydrogens (tertiary/aromatic N) is 2. The molecule has 0 radical (unpaired) electrons. The fourth-order valence-corrected chi connectivity index (χ4v) is 2.14. The van der Waals surface area contributed by atoms with Crippen LogP contribution in [0.15, 0.2) is 6.07 Å². The Morgan fingerprint density at radius 1 is 1.39 bits per heavy atom.